The Hall–Kier alpha value is -1.94. The first-order valence-corrected chi connectivity index (χ1v) is 8.00. The minimum absolute atomic E-state index is 0.266. The molecule has 0 bridgehead atoms. The van der Waals surface area contributed by atoms with Gasteiger partial charge in [0, 0.05) is 6.26 Å². The Morgan fingerprint density at radius 2 is 1.55 bits per heavy atom. The molecule has 2 nitrogen and oxygen atoms in total. The molecule has 0 radical (unpaired) electrons. The fourth-order valence-corrected chi connectivity index (χ4v) is 2.49. The van der Waals surface area contributed by atoms with Crippen LogP contribution in [0.2, 0.25) is 0 Å². The van der Waals surface area contributed by atoms with Gasteiger partial charge in [-0.3, -0.25) is 0 Å². The Morgan fingerprint density at radius 1 is 1.00 bits per heavy atom. The molecule has 0 aromatic heterocycles. The van der Waals surface area contributed by atoms with Crippen molar-refractivity contribution in [1.82, 2.24) is 0 Å². The van der Waals surface area contributed by atoms with Crippen molar-refractivity contribution in [2.45, 2.75) is 11.8 Å². The van der Waals surface area contributed by atoms with Crippen LogP contribution in [0.1, 0.15) is 18.1 Å². The molecule has 0 atom stereocenters. The SMILES string of the molecule is C/C(=C\c1ccc(F)cc1)c1ccc(S(C)(=O)=O)cc1. The van der Waals surface area contributed by atoms with E-state index in [2.05, 4.69) is 0 Å². The molecule has 4 heteroatoms. The predicted molar refractivity (Wildman–Crippen MR) is 79.5 cm³/mol. The zero-order valence-corrected chi connectivity index (χ0v) is 12.1. The van der Waals surface area contributed by atoms with Gasteiger partial charge in [-0.15, -0.1) is 0 Å². The van der Waals surface area contributed by atoms with Crippen LogP contribution in [0.5, 0.6) is 0 Å². The van der Waals surface area contributed by atoms with Crippen molar-refractivity contribution in [2.24, 2.45) is 0 Å². The highest BCUT2D eigenvalue weighted by atomic mass is 32.2. The minimum Gasteiger partial charge on any atom is -0.224 e. The van der Waals surface area contributed by atoms with E-state index in [1.165, 1.54) is 18.4 Å². The topological polar surface area (TPSA) is 34.1 Å². The number of hydrogen-bond acceptors (Lipinski definition) is 2. The Kier molecular flexibility index (Phi) is 4.04. The van der Waals surface area contributed by atoms with Crippen molar-refractivity contribution in [1.29, 1.82) is 0 Å². The molecule has 0 saturated carbocycles. The lowest BCUT2D eigenvalue weighted by Crippen LogP contribution is -1.96. The highest BCUT2D eigenvalue weighted by Crippen LogP contribution is 2.20. The zero-order valence-electron chi connectivity index (χ0n) is 11.3. The summed E-state index contributed by atoms with van der Waals surface area (Å²) in [6.45, 7) is 1.93. The summed E-state index contributed by atoms with van der Waals surface area (Å²) in [6, 6.07) is 12.9. The monoisotopic (exact) mass is 290 g/mol. The molecule has 0 aliphatic rings. The molecule has 0 spiro atoms. The second kappa shape index (κ2) is 5.59. The third kappa shape index (κ3) is 3.54. The van der Waals surface area contributed by atoms with Crippen LogP contribution < -0.4 is 0 Å². The molecule has 0 fully saturated rings. The van der Waals surface area contributed by atoms with Crippen molar-refractivity contribution in [3.63, 3.8) is 0 Å². The Bertz CT molecular complexity index is 727. The van der Waals surface area contributed by atoms with E-state index < -0.39 is 9.84 Å². The van der Waals surface area contributed by atoms with Crippen LogP contribution in [0.15, 0.2) is 53.4 Å². The second-order valence-electron chi connectivity index (χ2n) is 4.68. The van der Waals surface area contributed by atoms with Crippen LogP contribution in [-0.2, 0) is 9.84 Å². The van der Waals surface area contributed by atoms with Gasteiger partial charge in [0.25, 0.3) is 0 Å². The molecule has 0 aliphatic heterocycles. The van der Waals surface area contributed by atoms with Crippen LogP contribution in [0.3, 0.4) is 0 Å². The average molecular weight is 290 g/mol. The first-order chi connectivity index (χ1) is 9.36. The average Bonchev–Trinajstić information content (AvgIpc) is 2.40. The lowest BCUT2D eigenvalue weighted by molar-refractivity contribution is 0.602. The standard InChI is InChI=1S/C16H15FO2S/c1-12(11-13-3-7-15(17)8-4-13)14-5-9-16(10-6-14)20(2,18)19/h3-11H,1-2H3/b12-11+. The molecule has 104 valence electrons. The maximum atomic E-state index is 12.8. The second-order valence-corrected chi connectivity index (χ2v) is 6.69. The maximum absolute atomic E-state index is 12.8. The van der Waals surface area contributed by atoms with Crippen molar-refractivity contribution in [3.8, 4) is 0 Å². The van der Waals surface area contributed by atoms with Gasteiger partial charge < -0.3 is 0 Å². The van der Waals surface area contributed by atoms with Crippen molar-refractivity contribution >= 4 is 21.5 Å². The molecular formula is C16H15FO2S. The fourth-order valence-electron chi connectivity index (χ4n) is 1.86. The van der Waals surface area contributed by atoms with Gasteiger partial charge >= 0.3 is 0 Å². The van der Waals surface area contributed by atoms with Crippen LogP contribution >= 0.6 is 0 Å². The minimum atomic E-state index is -3.17. The largest absolute Gasteiger partial charge is 0.224 e. The van der Waals surface area contributed by atoms with E-state index in [1.807, 2.05) is 13.0 Å². The highest BCUT2D eigenvalue weighted by molar-refractivity contribution is 7.90. The Balaban J connectivity index is 2.29. The van der Waals surface area contributed by atoms with Gasteiger partial charge in [-0.2, -0.15) is 0 Å². The van der Waals surface area contributed by atoms with Crippen LogP contribution in [-0.4, -0.2) is 14.7 Å². The third-order valence-electron chi connectivity index (χ3n) is 2.99. The zero-order chi connectivity index (χ0) is 14.8. The number of rotatable bonds is 3. The van der Waals surface area contributed by atoms with Crippen molar-refractivity contribution in [2.75, 3.05) is 6.26 Å². The molecule has 2 aromatic carbocycles. The Labute approximate surface area is 118 Å². The molecule has 0 amide bonds. The van der Waals surface area contributed by atoms with E-state index in [9.17, 15) is 12.8 Å². The summed E-state index contributed by atoms with van der Waals surface area (Å²) < 4.78 is 35.6. The van der Waals surface area contributed by atoms with E-state index >= 15 is 0 Å². The van der Waals surface area contributed by atoms with E-state index in [0.29, 0.717) is 4.90 Å². The van der Waals surface area contributed by atoms with Gasteiger partial charge in [0.15, 0.2) is 9.84 Å². The quantitative estimate of drug-likeness (QED) is 0.806. The summed E-state index contributed by atoms with van der Waals surface area (Å²) >= 11 is 0. The molecular weight excluding hydrogens is 275 g/mol. The number of sulfone groups is 1. The number of hydrogen-bond donors (Lipinski definition) is 0. The predicted octanol–water partition coefficient (Wildman–Crippen LogP) is 3.79. The Morgan fingerprint density at radius 3 is 2.05 bits per heavy atom. The summed E-state index contributed by atoms with van der Waals surface area (Å²) in [6.07, 6.45) is 3.11. The smallest absolute Gasteiger partial charge is 0.175 e. The van der Waals surface area contributed by atoms with Gasteiger partial charge in [0.1, 0.15) is 5.82 Å². The number of allylic oxidation sites excluding steroid dienone is 1. The third-order valence-corrected chi connectivity index (χ3v) is 4.12. The fraction of sp³-hybridized carbons (Fsp3) is 0.125. The van der Waals surface area contributed by atoms with Gasteiger partial charge in [0.05, 0.1) is 4.90 Å². The molecule has 2 aromatic rings. The van der Waals surface area contributed by atoms with Gasteiger partial charge in [-0.1, -0.05) is 30.3 Å². The number of benzene rings is 2. The van der Waals surface area contributed by atoms with Crippen LogP contribution in [0.25, 0.3) is 11.6 Å². The summed E-state index contributed by atoms with van der Waals surface area (Å²) in [7, 11) is -3.17. The van der Waals surface area contributed by atoms with E-state index in [0.717, 1.165) is 16.7 Å². The summed E-state index contributed by atoms with van der Waals surface area (Å²) in [4.78, 5) is 0.302. The molecule has 0 N–H and O–H groups in total. The molecule has 0 aliphatic carbocycles. The first kappa shape index (κ1) is 14.5. The summed E-state index contributed by atoms with van der Waals surface area (Å²) in [5, 5.41) is 0. The molecule has 0 unspecified atom stereocenters. The first-order valence-electron chi connectivity index (χ1n) is 6.10. The lowest BCUT2D eigenvalue weighted by atomic mass is 10.0. The molecule has 2 rings (SSSR count). The number of halogens is 1. The summed E-state index contributed by atoms with van der Waals surface area (Å²) in [5.41, 5.74) is 2.81. The summed E-state index contributed by atoms with van der Waals surface area (Å²) in [5.74, 6) is -0.266. The van der Waals surface area contributed by atoms with Crippen molar-refractivity contribution < 1.29 is 12.8 Å². The van der Waals surface area contributed by atoms with Crippen molar-refractivity contribution in [3.05, 3.63) is 65.5 Å². The lowest BCUT2D eigenvalue weighted by Gasteiger charge is -2.04. The normalized spacial score (nSPS) is 12.4. The maximum Gasteiger partial charge on any atom is 0.175 e. The van der Waals surface area contributed by atoms with Gasteiger partial charge in [-0.25, -0.2) is 12.8 Å². The van der Waals surface area contributed by atoms with E-state index in [1.54, 1.807) is 36.4 Å². The van der Waals surface area contributed by atoms with Gasteiger partial charge in [-0.05, 0) is 47.9 Å². The highest BCUT2D eigenvalue weighted by Gasteiger charge is 2.06. The van der Waals surface area contributed by atoms with E-state index in [4.69, 9.17) is 0 Å². The van der Waals surface area contributed by atoms with E-state index in [-0.39, 0.29) is 5.82 Å². The molecule has 0 heterocycles. The molecule has 0 saturated heterocycles. The van der Waals surface area contributed by atoms with Crippen LogP contribution in [0.4, 0.5) is 4.39 Å². The van der Waals surface area contributed by atoms with Crippen LogP contribution in [0, 0.1) is 5.82 Å². The molecule has 20 heavy (non-hydrogen) atoms. The van der Waals surface area contributed by atoms with Gasteiger partial charge in [0.2, 0.25) is 0 Å².